The highest BCUT2D eigenvalue weighted by molar-refractivity contribution is 14.0. The number of guanidine groups is 1. The fraction of sp³-hybridized carbons (Fsp3) is 0.571. The van der Waals surface area contributed by atoms with Gasteiger partial charge in [-0.1, -0.05) is 44.2 Å². The molecule has 1 aliphatic heterocycles. The summed E-state index contributed by atoms with van der Waals surface area (Å²) in [6.07, 6.45) is 1.92. The van der Waals surface area contributed by atoms with Gasteiger partial charge in [-0.3, -0.25) is 4.99 Å². The van der Waals surface area contributed by atoms with Gasteiger partial charge in [-0.25, -0.2) is 9.67 Å². The van der Waals surface area contributed by atoms with Crippen LogP contribution in [-0.4, -0.2) is 47.5 Å². The van der Waals surface area contributed by atoms with Crippen LogP contribution in [0, 0.1) is 5.92 Å². The van der Waals surface area contributed by atoms with Crippen LogP contribution in [0.4, 0.5) is 0 Å². The summed E-state index contributed by atoms with van der Waals surface area (Å²) in [4.78, 5) is 8.97. The van der Waals surface area contributed by atoms with Crippen LogP contribution in [0.2, 0.25) is 0 Å². The van der Waals surface area contributed by atoms with E-state index in [2.05, 4.69) is 69.9 Å². The van der Waals surface area contributed by atoms with Crippen molar-refractivity contribution in [1.29, 1.82) is 0 Å². The molecule has 1 aromatic heterocycles. The molecule has 160 valence electrons. The number of aromatic nitrogens is 3. The standard InChI is InChI=1S/C21H32N6O.HI/c1-15(2)18(16-8-6-5-7-9-16)12-23-21(22-3)24-17-10-11-20-25-19(14-28-4)26-27(20)13-17;/h5-9,15,17-18H,10-14H2,1-4H3,(H2,22,23,24);1H. The summed E-state index contributed by atoms with van der Waals surface area (Å²) in [6, 6.07) is 11.0. The third kappa shape index (κ3) is 6.40. The van der Waals surface area contributed by atoms with E-state index in [1.54, 1.807) is 7.11 Å². The summed E-state index contributed by atoms with van der Waals surface area (Å²) in [5, 5.41) is 11.6. The molecule has 0 fully saturated rings. The van der Waals surface area contributed by atoms with E-state index in [4.69, 9.17) is 4.74 Å². The van der Waals surface area contributed by atoms with Crippen LogP contribution in [0.25, 0.3) is 0 Å². The number of aryl methyl sites for hydroxylation is 1. The summed E-state index contributed by atoms with van der Waals surface area (Å²) in [7, 11) is 3.49. The third-order valence-corrected chi connectivity index (χ3v) is 5.26. The van der Waals surface area contributed by atoms with E-state index in [0.717, 1.165) is 43.5 Å². The molecule has 2 heterocycles. The largest absolute Gasteiger partial charge is 0.377 e. The predicted molar refractivity (Wildman–Crippen MR) is 127 cm³/mol. The number of halogens is 1. The van der Waals surface area contributed by atoms with Crippen LogP contribution >= 0.6 is 24.0 Å². The zero-order valence-corrected chi connectivity index (χ0v) is 20.1. The van der Waals surface area contributed by atoms with Crippen LogP contribution in [0.1, 0.15) is 43.4 Å². The van der Waals surface area contributed by atoms with Gasteiger partial charge in [0.25, 0.3) is 0 Å². The Bertz CT molecular complexity index is 777. The summed E-state index contributed by atoms with van der Waals surface area (Å²) < 4.78 is 7.13. The first-order valence-electron chi connectivity index (χ1n) is 10.0. The molecule has 2 N–H and O–H groups in total. The van der Waals surface area contributed by atoms with Crippen LogP contribution in [0.3, 0.4) is 0 Å². The van der Waals surface area contributed by atoms with Crippen molar-refractivity contribution in [1.82, 2.24) is 25.4 Å². The second kappa shape index (κ2) is 11.5. The smallest absolute Gasteiger partial charge is 0.191 e. The highest BCUT2D eigenvalue weighted by Gasteiger charge is 2.23. The maximum atomic E-state index is 5.14. The van der Waals surface area contributed by atoms with Crippen molar-refractivity contribution in [3.8, 4) is 0 Å². The number of nitrogens with zero attached hydrogens (tertiary/aromatic N) is 4. The molecule has 1 aromatic carbocycles. The number of aliphatic imine (C=N–C) groups is 1. The first kappa shape index (κ1) is 23.6. The average molecular weight is 512 g/mol. The fourth-order valence-electron chi connectivity index (χ4n) is 3.70. The van der Waals surface area contributed by atoms with Crippen molar-refractivity contribution in [3.63, 3.8) is 0 Å². The van der Waals surface area contributed by atoms with Crippen molar-refractivity contribution in [2.45, 2.75) is 51.8 Å². The van der Waals surface area contributed by atoms with Gasteiger partial charge in [0.1, 0.15) is 12.4 Å². The number of hydrogen-bond acceptors (Lipinski definition) is 4. The maximum absolute atomic E-state index is 5.14. The summed E-state index contributed by atoms with van der Waals surface area (Å²) in [5.41, 5.74) is 1.36. The topological polar surface area (TPSA) is 76.4 Å². The number of hydrogen-bond donors (Lipinski definition) is 2. The van der Waals surface area contributed by atoms with Gasteiger partial charge < -0.3 is 15.4 Å². The Morgan fingerprint density at radius 1 is 1.31 bits per heavy atom. The van der Waals surface area contributed by atoms with Gasteiger partial charge in [0.05, 0.1) is 6.54 Å². The Morgan fingerprint density at radius 3 is 2.72 bits per heavy atom. The molecule has 7 nitrogen and oxygen atoms in total. The molecular formula is C21H33IN6O. The van der Waals surface area contributed by atoms with Gasteiger partial charge >= 0.3 is 0 Å². The molecule has 2 unspecified atom stereocenters. The lowest BCUT2D eigenvalue weighted by molar-refractivity contribution is 0.177. The molecule has 1 aliphatic rings. The molecule has 0 aliphatic carbocycles. The Morgan fingerprint density at radius 2 is 2.07 bits per heavy atom. The third-order valence-electron chi connectivity index (χ3n) is 5.26. The minimum absolute atomic E-state index is 0. The number of fused-ring (bicyclic) bond motifs is 1. The summed E-state index contributed by atoms with van der Waals surface area (Å²) in [5.74, 6) is 3.61. The Labute approximate surface area is 190 Å². The van der Waals surface area contributed by atoms with Crippen molar-refractivity contribution < 1.29 is 4.74 Å². The van der Waals surface area contributed by atoms with E-state index in [1.165, 1.54) is 5.56 Å². The van der Waals surface area contributed by atoms with Crippen LogP contribution in [0.5, 0.6) is 0 Å². The monoisotopic (exact) mass is 512 g/mol. The summed E-state index contributed by atoms with van der Waals surface area (Å²) >= 11 is 0. The normalized spacial score (nSPS) is 17.4. The molecule has 2 atom stereocenters. The number of methoxy groups -OCH3 is 1. The van der Waals surface area contributed by atoms with Crippen LogP contribution in [-0.2, 0) is 24.3 Å². The number of ether oxygens (including phenoxy) is 1. The minimum atomic E-state index is 0. The molecule has 0 spiro atoms. The lowest BCUT2D eigenvalue weighted by Gasteiger charge is -2.27. The van der Waals surface area contributed by atoms with E-state index in [0.29, 0.717) is 18.4 Å². The van der Waals surface area contributed by atoms with Gasteiger partial charge in [-0.2, -0.15) is 5.10 Å². The van der Waals surface area contributed by atoms with E-state index in [9.17, 15) is 0 Å². The molecule has 8 heteroatoms. The van der Waals surface area contributed by atoms with Gasteiger partial charge in [-0.05, 0) is 17.9 Å². The zero-order chi connectivity index (χ0) is 19.9. The molecule has 3 rings (SSSR count). The first-order chi connectivity index (χ1) is 13.6. The van der Waals surface area contributed by atoms with Crippen molar-refractivity contribution in [2.75, 3.05) is 20.7 Å². The van der Waals surface area contributed by atoms with Gasteiger partial charge in [0.15, 0.2) is 11.8 Å². The van der Waals surface area contributed by atoms with Crippen LogP contribution < -0.4 is 10.6 Å². The van der Waals surface area contributed by atoms with Crippen molar-refractivity contribution in [3.05, 3.63) is 47.5 Å². The van der Waals surface area contributed by atoms with Crippen molar-refractivity contribution in [2.24, 2.45) is 10.9 Å². The zero-order valence-electron chi connectivity index (χ0n) is 17.8. The maximum Gasteiger partial charge on any atom is 0.191 e. The quantitative estimate of drug-likeness (QED) is 0.339. The predicted octanol–water partition coefficient (Wildman–Crippen LogP) is 2.96. The van der Waals surface area contributed by atoms with E-state index >= 15 is 0 Å². The molecule has 0 saturated carbocycles. The van der Waals surface area contributed by atoms with E-state index in [1.807, 2.05) is 11.7 Å². The molecule has 0 radical (unpaired) electrons. The second-order valence-electron chi connectivity index (χ2n) is 7.65. The molecular weight excluding hydrogens is 479 g/mol. The van der Waals surface area contributed by atoms with Gasteiger partial charge in [0, 0.05) is 39.1 Å². The molecule has 0 bridgehead atoms. The lowest BCUT2D eigenvalue weighted by atomic mass is 9.88. The van der Waals surface area contributed by atoms with E-state index in [-0.39, 0.29) is 30.0 Å². The van der Waals surface area contributed by atoms with Crippen molar-refractivity contribution >= 4 is 29.9 Å². The Hall–Kier alpha value is -1.68. The summed E-state index contributed by atoms with van der Waals surface area (Å²) in [6.45, 7) is 6.62. The van der Waals surface area contributed by atoms with E-state index < -0.39 is 0 Å². The molecule has 0 amide bonds. The first-order valence-corrected chi connectivity index (χ1v) is 10.0. The second-order valence-corrected chi connectivity index (χ2v) is 7.65. The molecule has 29 heavy (non-hydrogen) atoms. The van der Waals surface area contributed by atoms with Gasteiger partial charge in [-0.15, -0.1) is 24.0 Å². The highest BCUT2D eigenvalue weighted by Crippen LogP contribution is 2.23. The average Bonchev–Trinajstić information content (AvgIpc) is 3.09. The molecule has 0 saturated heterocycles. The fourth-order valence-corrected chi connectivity index (χ4v) is 3.70. The molecule has 2 aromatic rings. The highest BCUT2D eigenvalue weighted by atomic mass is 127. The SMILES string of the molecule is CN=C(NCC(c1ccccc1)C(C)C)NC1CCc2nc(COC)nn2C1.I. The number of rotatable bonds is 7. The lowest BCUT2D eigenvalue weighted by Crippen LogP contribution is -2.48. The minimum Gasteiger partial charge on any atom is -0.377 e. The Kier molecular flexibility index (Phi) is 9.35. The van der Waals surface area contributed by atoms with Gasteiger partial charge in [0.2, 0.25) is 0 Å². The Balaban J connectivity index is 0.00000300. The number of nitrogens with one attached hydrogen (secondary N) is 2. The van der Waals surface area contributed by atoms with Crippen LogP contribution in [0.15, 0.2) is 35.3 Å². The number of benzene rings is 1.